The molecule has 0 aliphatic carbocycles. The Hall–Kier alpha value is -3.59. The highest BCUT2D eigenvalue weighted by Gasteiger charge is 2.20. The highest BCUT2D eigenvalue weighted by molar-refractivity contribution is 5.96. The summed E-state index contributed by atoms with van der Waals surface area (Å²) in [5, 5.41) is 3.13. The summed E-state index contributed by atoms with van der Waals surface area (Å²) in [5.74, 6) is 1.01. The molecule has 0 aliphatic rings. The summed E-state index contributed by atoms with van der Waals surface area (Å²) < 4.78 is 26.7. The van der Waals surface area contributed by atoms with Gasteiger partial charge < -0.3 is 29.0 Å². The summed E-state index contributed by atoms with van der Waals surface area (Å²) >= 11 is 0. The monoisotopic (exact) mass is 427 g/mol. The van der Waals surface area contributed by atoms with Gasteiger partial charge in [0.15, 0.2) is 23.0 Å². The molecule has 0 bridgehead atoms. The van der Waals surface area contributed by atoms with Crippen molar-refractivity contribution in [1.29, 1.82) is 0 Å². The van der Waals surface area contributed by atoms with Gasteiger partial charge in [-0.1, -0.05) is 12.1 Å². The molecule has 0 spiro atoms. The van der Waals surface area contributed by atoms with E-state index in [2.05, 4.69) is 15.3 Å². The zero-order valence-corrected chi connectivity index (χ0v) is 17.9. The quantitative estimate of drug-likeness (QED) is 0.384. The number of ether oxygens (including phenoxy) is 5. The Kier molecular flexibility index (Phi) is 7.45. The fourth-order valence-electron chi connectivity index (χ4n) is 2.93. The van der Waals surface area contributed by atoms with Crippen LogP contribution in [0, 0.1) is 0 Å². The van der Waals surface area contributed by atoms with Gasteiger partial charge in [-0.05, 0) is 19.1 Å². The van der Waals surface area contributed by atoms with Gasteiger partial charge in [0.1, 0.15) is 6.61 Å². The standard InChI is InChI=1S/C22H25N3O6/c1-5-30-10-11-31-22(26)19-21(25-16-9-7-6-8-15(16)24-19)23-14-12-17(27-2)20(29-4)18(13-14)28-3/h6-9,12-13H,5,10-11H2,1-4H3,(H,23,25). The van der Waals surface area contributed by atoms with Gasteiger partial charge in [-0.25, -0.2) is 14.8 Å². The number of aromatic nitrogens is 2. The van der Waals surface area contributed by atoms with Crippen molar-refractivity contribution in [1.82, 2.24) is 9.97 Å². The van der Waals surface area contributed by atoms with Crippen LogP contribution in [0.2, 0.25) is 0 Å². The maximum Gasteiger partial charge on any atom is 0.360 e. The van der Waals surface area contributed by atoms with Crippen molar-refractivity contribution in [3.05, 3.63) is 42.1 Å². The minimum Gasteiger partial charge on any atom is -0.493 e. The van der Waals surface area contributed by atoms with Crippen molar-refractivity contribution < 1.29 is 28.5 Å². The van der Waals surface area contributed by atoms with Gasteiger partial charge in [0.25, 0.3) is 0 Å². The van der Waals surface area contributed by atoms with E-state index in [1.165, 1.54) is 21.3 Å². The second kappa shape index (κ2) is 10.4. The average Bonchev–Trinajstić information content (AvgIpc) is 2.80. The smallest absolute Gasteiger partial charge is 0.360 e. The fraction of sp³-hybridized carbons (Fsp3) is 0.318. The molecule has 0 saturated heterocycles. The lowest BCUT2D eigenvalue weighted by Crippen LogP contribution is -2.15. The number of nitrogens with one attached hydrogen (secondary N) is 1. The van der Waals surface area contributed by atoms with Crippen molar-refractivity contribution in [2.75, 3.05) is 46.5 Å². The Morgan fingerprint density at radius 2 is 1.58 bits per heavy atom. The molecular formula is C22H25N3O6. The first-order chi connectivity index (χ1) is 15.1. The third-order valence-electron chi connectivity index (χ3n) is 4.36. The van der Waals surface area contributed by atoms with E-state index in [4.69, 9.17) is 23.7 Å². The molecule has 3 aromatic rings. The molecule has 3 rings (SSSR count). The van der Waals surface area contributed by atoms with Crippen molar-refractivity contribution in [2.45, 2.75) is 6.92 Å². The van der Waals surface area contributed by atoms with Gasteiger partial charge in [-0.15, -0.1) is 0 Å². The first kappa shape index (κ1) is 22.1. The van der Waals surface area contributed by atoms with Crippen LogP contribution in [0.1, 0.15) is 17.4 Å². The van der Waals surface area contributed by atoms with E-state index in [0.29, 0.717) is 47.2 Å². The topological polar surface area (TPSA) is 101 Å². The van der Waals surface area contributed by atoms with Crippen molar-refractivity contribution in [2.24, 2.45) is 0 Å². The highest BCUT2D eigenvalue weighted by Crippen LogP contribution is 2.40. The van der Waals surface area contributed by atoms with Crippen LogP contribution in [-0.4, -0.2) is 57.1 Å². The molecule has 0 fully saturated rings. The molecule has 0 amide bonds. The molecule has 2 aromatic carbocycles. The van der Waals surface area contributed by atoms with Gasteiger partial charge in [0, 0.05) is 24.4 Å². The van der Waals surface area contributed by atoms with Crippen LogP contribution in [0.25, 0.3) is 11.0 Å². The summed E-state index contributed by atoms with van der Waals surface area (Å²) in [6.45, 7) is 2.83. The van der Waals surface area contributed by atoms with Gasteiger partial charge in [0.2, 0.25) is 5.75 Å². The van der Waals surface area contributed by atoms with Crippen LogP contribution in [-0.2, 0) is 9.47 Å². The van der Waals surface area contributed by atoms with Crippen LogP contribution < -0.4 is 19.5 Å². The fourth-order valence-corrected chi connectivity index (χ4v) is 2.93. The van der Waals surface area contributed by atoms with E-state index in [1.807, 2.05) is 25.1 Å². The Morgan fingerprint density at radius 3 is 2.16 bits per heavy atom. The van der Waals surface area contributed by atoms with E-state index in [9.17, 15) is 4.79 Å². The van der Waals surface area contributed by atoms with Gasteiger partial charge in [-0.2, -0.15) is 0 Å². The molecular weight excluding hydrogens is 402 g/mol. The number of methoxy groups -OCH3 is 3. The number of fused-ring (bicyclic) bond motifs is 1. The van der Waals surface area contributed by atoms with Crippen LogP contribution in [0.3, 0.4) is 0 Å². The number of carbonyl (C=O) groups is 1. The number of rotatable bonds is 10. The van der Waals surface area contributed by atoms with Crippen molar-refractivity contribution >= 4 is 28.5 Å². The number of esters is 1. The second-order valence-corrected chi connectivity index (χ2v) is 6.28. The summed E-state index contributed by atoms with van der Waals surface area (Å²) in [5.41, 5.74) is 1.84. The normalized spacial score (nSPS) is 10.6. The van der Waals surface area contributed by atoms with Crippen LogP contribution in [0.5, 0.6) is 17.2 Å². The van der Waals surface area contributed by atoms with E-state index in [0.717, 1.165) is 0 Å². The number of para-hydroxylation sites is 2. The Balaban J connectivity index is 1.99. The summed E-state index contributed by atoms with van der Waals surface area (Å²) in [4.78, 5) is 21.8. The molecule has 0 aliphatic heterocycles. The zero-order valence-electron chi connectivity index (χ0n) is 17.9. The summed E-state index contributed by atoms with van der Waals surface area (Å²) in [6, 6.07) is 10.7. The zero-order chi connectivity index (χ0) is 22.2. The molecule has 1 aromatic heterocycles. The van der Waals surface area contributed by atoms with E-state index < -0.39 is 5.97 Å². The molecule has 1 N–H and O–H groups in total. The maximum atomic E-state index is 12.7. The van der Waals surface area contributed by atoms with Crippen LogP contribution in [0.15, 0.2) is 36.4 Å². The lowest BCUT2D eigenvalue weighted by atomic mass is 10.2. The summed E-state index contributed by atoms with van der Waals surface area (Å²) in [6.07, 6.45) is 0. The third kappa shape index (κ3) is 5.13. The molecule has 0 unspecified atom stereocenters. The minimum absolute atomic E-state index is 0.0592. The van der Waals surface area contributed by atoms with Gasteiger partial charge >= 0.3 is 5.97 Å². The number of carbonyl (C=O) groups excluding carboxylic acids is 1. The van der Waals surface area contributed by atoms with E-state index >= 15 is 0 Å². The number of nitrogens with zero attached hydrogens (tertiary/aromatic N) is 2. The van der Waals surface area contributed by atoms with E-state index in [1.54, 1.807) is 18.2 Å². The largest absolute Gasteiger partial charge is 0.493 e. The third-order valence-corrected chi connectivity index (χ3v) is 4.36. The van der Waals surface area contributed by atoms with Gasteiger partial charge in [-0.3, -0.25) is 0 Å². The molecule has 31 heavy (non-hydrogen) atoms. The first-order valence-corrected chi connectivity index (χ1v) is 9.69. The molecule has 1 heterocycles. The second-order valence-electron chi connectivity index (χ2n) is 6.28. The number of hydrogen-bond acceptors (Lipinski definition) is 9. The number of benzene rings is 2. The number of anilines is 2. The summed E-state index contributed by atoms with van der Waals surface area (Å²) in [7, 11) is 4.58. The molecule has 0 radical (unpaired) electrons. The molecule has 0 atom stereocenters. The lowest BCUT2D eigenvalue weighted by molar-refractivity contribution is 0.0330. The molecule has 164 valence electrons. The Morgan fingerprint density at radius 1 is 0.935 bits per heavy atom. The number of hydrogen-bond donors (Lipinski definition) is 1. The predicted octanol–water partition coefficient (Wildman–Crippen LogP) is 3.59. The van der Waals surface area contributed by atoms with Crippen molar-refractivity contribution in [3.8, 4) is 17.2 Å². The highest BCUT2D eigenvalue weighted by atomic mass is 16.6. The van der Waals surface area contributed by atoms with Crippen LogP contribution >= 0.6 is 0 Å². The molecule has 0 saturated carbocycles. The van der Waals surface area contributed by atoms with Crippen LogP contribution in [0.4, 0.5) is 11.5 Å². The van der Waals surface area contributed by atoms with E-state index in [-0.39, 0.29) is 18.1 Å². The average molecular weight is 427 g/mol. The van der Waals surface area contributed by atoms with Gasteiger partial charge in [0.05, 0.1) is 39.0 Å². The molecule has 9 heteroatoms. The Bertz CT molecular complexity index is 1030. The Labute approximate surface area is 180 Å². The molecule has 9 nitrogen and oxygen atoms in total. The minimum atomic E-state index is -0.604. The maximum absolute atomic E-state index is 12.7. The first-order valence-electron chi connectivity index (χ1n) is 9.69. The van der Waals surface area contributed by atoms with Crippen molar-refractivity contribution in [3.63, 3.8) is 0 Å². The predicted molar refractivity (Wildman–Crippen MR) is 116 cm³/mol. The lowest BCUT2D eigenvalue weighted by Gasteiger charge is -2.16. The SMILES string of the molecule is CCOCCOC(=O)c1nc2ccccc2nc1Nc1cc(OC)c(OC)c(OC)c1.